The fourth-order valence-corrected chi connectivity index (χ4v) is 12.0. The van der Waals surface area contributed by atoms with Crippen LogP contribution in [0.15, 0.2) is 86.2 Å². The SMILES string of the molecule is C=CC(=O)Cl.C=CC(=O)N1C[C@@H](Cc2ncc3cc(-c4c(Cl)c(OC)cc(OC)c4Cl)ccc3n2)C[C@H]1C(=O)N1CCCC1.COc1cc(OC)c(Cl)c(-c2ccc3nc(C[C@@H]4CN[C@H](C(=O)N5CCCC5)C4)ncc3c2)c1Cl. The van der Waals surface area contributed by atoms with Gasteiger partial charge in [0.25, 0.3) is 0 Å². The van der Waals surface area contributed by atoms with Gasteiger partial charge < -0.3 is 39.0 Å². The zero-order chi connectivity index (χ0) is 56.5. The maximum Gasteiger partial charge on any atom is 0.246 e. The van der Waals surface area contributed by atoms with E-state index in [4.69, 9.17) is 86.9 Å². The number of nitrogens with one attached hydrogen (secondary N) is 1. The summed E-state index contributed by atoms with van der Waals surface area (Å²) in [4.78, 5) is 72.2. The molecule has 10 rings (SSSR count). The summed E-state index contributed by atoms with van der Waals surface area (Å²) >= 11 is 31.1. The Hall–Kier alpha value is -6.27. The van der Waals surface area contributed by atoms with Crippen molar-refractivity contribution in [2.45, 2.75) is 63.5 Å². The number of nitrogens with zero attached hydrogens (tertiary/aromatic N) is 7. The first-order chi connectivity index (χ1) is 38.1. The van der Waals surface area contributed by atoms with Crippen molar-refractivity contribution in [3.63, 3.8) is 0 Å². The molecule has 4 atom stereocenters. The second-order valence-electron chi connectivity index (χ2n) is 19.5. The Balaban J connectivity index is 0.000000193. The maximum absolute atomic E-state index is 13.2. The highest BCUT2D eigenvalue weighted by atomic mass is 35.5. The predicted molar refractivity (Wildman–Crippen MR) is 310 cm³/mol. The minimum absolute atomic E-state index is 0.0312. The minimum Gasteiger partial charge on any atom is -0.495 e. The average Bonchev–Trinajstić information content (AvgIpc) is 4.48. The molecule has 21 heteroatoms. The van der Waals surface area contributed by atoms with Crippen LogP contribution < -0.4 is 24.3 Å². The summed E-state index contributed by atoms with van der Waals surface area (Å²) in [6.07, 6.45) is 12.9. The van der Waals surface area contributed by atoms with Gasteiger partial charge in [-0.3, -0.25) is 19.2 Å². The third-order valence-electron chi connectivity index (χ3n) is 14.6. The van der Waals surface area contributed by atoms with E-state index in [0.29, 0.717) is 85.3 Å². The Morgan fingerprint density at radius 2 is 1.05 bits per heavy atom. The molecule has 0 aliphatic carbocycles. The number of fused-ring (bicyclic) bond motifs is 2. The van der Waals surface area contributed by atoms with Crippen molar-refractivity contribution in [2.24, 2.45) is 11.8 Å². The van der Waals surface area contributed by atoms with Crippen LogP contribution in [-0.4, -0.2) is 137 Å². The highest BCUT2D eigenvalue weighted by Gasteiger charge is 2.41. The lowest BCUT2D eigenvalue weighted by molar-refractivity contribution is -0.140. The van der Waals surface area contributed by atoms with E-state index in [1.54, 1.807) is 37.4 Å². The lowest BCUT2D eigenvalue weighted by atomic mass is 10.00. The normalized spacial score (nSPS) is 18.6. The lowest BCUT2D eigenvalue weighted by Gasteiger charge is -2.26. The molecule has 4 fully saturated rings. The molecular formula is C58H61Cl5N8O8. The van der Waals surface area contributed by atoms with Crippen LogP contribution in [-0.2, 0) is 32.0 Å². The first-order valence-electron chi connectivity index (χ1n) is 25.9. The Morgan fingerprint density at radius 3 is 1.47 bits per heavy atom. The fraction of sp³-hybridized carbons (Fsp3) is 0.379. The van der Waals surface area contributed by atoms with Crippen LogP contribution in [0.5, 0.6) is 23.0 Å². The van der Waals surface area contributed by atoms with Crippen LogP contribution in [0.4, 0.5) is 0 Å². The van der Waals surface area contributed by atoms with E-state index in [-0.39, 0.29) is 29.7 Å². The van der Waals surface area contributed by atoms with Gasteiger partial charge in [-0.2, -0.15) is 0 Å². The van der Waals surface area contributed by atoms with Crippen molar-refractivity contribution in [3.05, 3.63) is 118 Å². The first-order valence-corrected chi connectivity index (χ1v) is 27.8. The number of rotatable bonds is 14. The van der Waals surface area contributed by atoms with Crippen molar-refractivity contribution in [2.75, 3.05) is 67.7 Å². The summed E-state index contributed by atoms with van der Waals surface area (Å²) in [6.45, 7) is 11.3. The quantitative estimate of drug-likeness (QED) is 0.0805. The number of likely N-dealkylation sites (tertiary alicyclic amines) is 3. The highest BCUT2D eigenvalue weighted by molar-refractivity contribution is 6.66. The molecule has 0 unspecified atom stereocenters. The Bertz CT molecular complexity index is 3230. The monoisotopic (exact) mass is 1170 g/mol. The number of methoxy groups -OCH3 is 4. The Morgan fingerprint density at radius 1 is 0.620 bits per heavy atom. The summed E-state index contributed by atoms with van der Waals surface area (Å²) in [7, 11) is 6.18. The molecule has 3 amide bonds. The molecule has 79 heavy (non-hydrogen) atoms. The van der Waals surface area contributed by atoms with Crippen LogP contribution >= 0.6 is 58.0 Å². The number of halogens is 5. The summed E-state index contributed by atoms with van der Waals surface area (Å²) in [5.41, 5.74) is 4.46. The van der Waals surface area contributed by atoms with Gasteiger partial charge in [0.05, 0.1) is 65.6 Å². The summed E-state index contributed by atoms with van der Waals surface area (Å²) in [6, 6.07) is 14.3. The second-order valence-corrected chi connectivity index (χ2v) is 21.4. The average molecular weight is 1180 g/mol. The van der Waals surface area contributed by atoms with E-state index in [0.717, 1.165) is 116 Å². The van der Waals surface area contributed by atoms with Crippen molar-refractivity contribution >= 4 is 103 Å². The third-order valence-corrected chi connectivity index (χ3v) is 16.2. The number of benzene rings is 4. The van der Waals surface area contributed by atoms with E-state index < -0.39 is 11.3 Å². The molecule has 0 bridgehead atoms. The van der Waals surface area contributed by atoms with Crippen LogP contribution in [0.3, 0.4) is 0 Å². The van der Waals surface area contributed by atoms with E-state index in [9.17, 15) is 19.2 Å². The summed E-state index contributed by atoms with van der Waals surface area (Å²) < 4.78 is 21.6. The zero-order valence-corrected chi connectivity index (χ0v) is 48.1. The molecule has 16 nitrogen and oxygen atoms in total. The van der Waals surface area contributed by atoms with Gasteiger partial charge in [0, 0.05) is 92.0 Å². The van der Waals surface area contributed by atoms with Crippen LogP contribution in [0.2, 0.25) is 20.1 Å². The zero-order valence-electron chi connectivity index (χ0n) is 44.3. The first kappa shape index (κ1) is 58.9. The summed E-state index contributed by atoms with van der Waals surface area (Å²) in [5.74, 6) is 3.81. The Kier molecular flexibility index (Phi) is 20.0. The summed E-state index contributed by atoms with van der Waals surface area (Å²) in [5, 5.41) is 6.21. The third kappa shape index (κ3) is 13.5. The van der Waals surface area contributed by atoms with Crippen LogP contribution in [0.1, 0.15) is 50.2 Å². The number of aromatic nitrogens is 4. The number of ether oxygens (including phenoxy) is 4. The molecule has 4 aliphatic rings. The molecule has 2 aromatic heterocycles. The number of carbonyl (C=O) groups excluding carboxylic acids is 4. The van der Waals surface area contributed by atoms with Crippen molar-refractivity contribution in [1.29, 1.82) is 0 Å². The van der Waals surface area contributed by atoms with Gasteiger partial charge in [0.1, 0.15) is 40.7 Å². The number of carbonyl (C=O) groups is 4. The van der Waals surface area contributed by atoms with Gasteiger partial charge in [-0.1, -0.05) is 71.7 Å². The highest BCUT2D eigenvalue weighted by Crippen LogP contribution is 2.48. The molecule has 1 N–H and O–H groups in total. The van der Waals surface area contributed by atoms with E-state index >= 15 is 0 Å². The van der Waals surface area contributed by atoms with E-state index in [2.05, 4.69) is 28.4 Å². The maximum atomic E-state index is 13.2. The van der Waals surface area contributed by atoms with E-state index in [1.165, 1.54) is 20.3 Å². The van der Waals surface area contributed by atoms with Gasteiger partial charge in [0.2, 0.25) is 23.0 Å². The van der Waals surface area contributed by atoms with Crippen LogP contribution in [0.25, 0.3) is 44.1 Å². The van der Waals surface area contributed by atoms with E-state index in [1.807, 2.05) is 52.4 Å². The molecular weight excluding hydrogens is 1110 g/mol. The number of allylic oxidation sites excluding steroid dienone is 1. The largest absolute Gasteiger partial charge is 0.495 e. The molecule has 0 saturated carbocycles. The fourth-order valence-electron chi connectivity index (χ4n) is 10.6. The topological polar surface area (TPSA) is 179 Å². The predicted octanol–water partition coefficient (Wildman–Crippen LogP) is 10.9. The van der Waals surface area contributed by atoms with Crippen molar-refractivity contribution < 1.29 is 38.1 Å². The van der Waals surface area contributed by atoms with Gasteiger partial charge in [-0.15, -0.1) is 0 Å². The standard InChI is InChI=1S/C29H30Cl2N4O4.C26H28Cl2N4O3.C3H3ClO/c1-4-25(36)35-16-17(11-21(35)29(37)34-9-5-6-10-34)12-24-32-15-19-13-18(7-8-20(19)33-24)26-27(30)22(38-2)14-23(39-3)28(26)31;1-34-20-12-21(35-2)25(28)23(24(20)27)16-5-6-18-17(11-16)14-30-22(31-18)10-15-9-19(29-13-15)26(33)32-7-3-4-8-32;1-2-3(4)5/h4,7-8,13-15,17,21H,1,5-6,9-12,16H2,2-3H3;5-6,11-12,14-15,19,29H,3-4,7-10,13H2,1-2H3;2H,1H2/t17-,21+;15-,19+;/m11./s1. The van der Waals surface area contributed by atoms with Crippen LogP contribution in [0, 0.1) is 11.8 Å². The molecule has 416 valence electrons. The van der Waals surface area contributed by atoms with Gasteiger partial charge in [0.15, 0.2) is 0 Å². The smallest absolute Gasteiger partial charge is 0.246 e. The molecule has 4 aromatic carbocycles. The molecule has 6 aromatic rings. The van der Waals surface area contributed by atoms with Crippen molar-refractivity contribution in [1.82, 2.24) is 40.0 Å². The van der Waals surface area contributed by atoms with Gasteiger partial charge in [-0.25, -0.2) is 19.9 Å². The Labute approximate surface area is 484 Å². The number of hydrogen-bond donors (Lipinski definition) is 1. The second kappa shape index (κ2) is 26.8. The molecule has 6 heterocycles. The van der Waals surface area contributed by atoms with Gasteiger partial charge in [-0.05, 0) is 116 Å². The molecule has 0 radical (unpaired) electrons. The molecule has 0 spiro atoms. The number of amides is 3. The minimum atomic E-state index is -0.509. The lowest BCUT2D eigenvalue weighted by Crippen LogP contribution is -2.46. The van der Waals surface area contributed by atoms with Gasteiger partial charge >= 0.3 is 0 Å². The number of hydrogen-bond acceptors (Lipinski definition) is 13. The van der Waals surface area contributed by atoms with Crippen molar-refractivity contribution in [3.8, 4) is 45.3 Å². The molecule has 4 saturated heterocycles. The molecule has 4 aliphatic heterocycles.